The Bertz CT molecular complexity index is 1130. The molecule has 2 aromatic rings. The summed E-state index contributed by atoms with van der Waals surface area (Å²) in [5.41, 5.74) is 1.94. The van der Waals surface area contributed by atoms with Crippen molar-refractivity contribution in [3.8, 4) is 0 Å². The van der Waals surface area contributed by atoms with Crippen molar-refractivity contribution in [1.82, 2.24) is 24.3 Å². The molecule has 0 aromatic carbocycles. The number of aromatic nitrogens is 3. The normalized spacial score (nSPS) is 23.7. The van der Waals surface area contributed by atoms with Gasteiger partial charge in [-0.3, -0.25) is 14.4 Å². The van der Waals surface area contributed by atoms with E-state index in [9.17, 15) is 19.5 Å². The van der Waals surface area contributed by atoms with E-state index >= 15 is 0 Å². The van der Waals surface area contributed by atoms with Gasteiger partial charge in [-0.05, 0) is 19.1 Å². The highest BCUT2D eigenvalue weighted by molar-refractivity contribution is 5.84. The first-order chi connectivity index (χ1) is 15.9. The summed E-state index contributed by atoms with van der Waals surface area (Å²) in [6.45, 7) is 4.06. The zero-order chi connectivity index (χ0) is 23.7. The van der Waals surface area contributed by atoms with Crippen LogP contribution in [0.25, 0.3) is 6.08 Å². The van der Waals surface area contributed by atoms with Gasteiger partial charge in [0, 0.05) is 63.0 Å². The maximum absolute atomic E-state index is 13.4. The van der Waals surface area contributed by atoms with Gasteiger partial charge in [0.1, 0.15) is 0 Å². The molecule has 0 radical (unpaired) electrons. The molecule has 1 saturated heterocycles. The molecule has 0 saturated carbocycles. The Morgan fingerprint density at radius 1 is 1.33 bits per heavy atom. The number of rotatable bonds is 7. The number of carbonyl (C=O) groups excluding carboxylic acids is 2. The fraction of sp³-hybridized carbons (Fsp3) is 0.500. The molecule has 2 aliphatic rings. The van der Waals surface area contributed by atoms with E-state index in [1.807, 2.05) is 36.9 Å². The van der Waals surface area contributed by atoms with Crippen molar-refractivity contribution in [3.63, 3.8) is 0 Å². The van der Waals surface area contributed by atoms with Crippen molar-refractivity contribution in [1.29, 1.82) is 0 Å². The Hall–Kier alpha value is -3.20. The van der Waals surface area contributed by atoms with E-state index in [4.69, 9.17) is 0 Å². The molecule has 1 fully saturated rings. The summed E-state index contributed by atoms with van der Waals surface area (Å²) < 4.78 is 3.53. The van der Waals surface area contributed by atoms with Gasteiger partial charge in [0.05, 0.1) is 30.0 Å². The lowest BCUT2D eigenvalue weighted by Crippen LogP contribution is -2.49. The largest absolute Gasteiger partial charge is 0.396 e. The van der Waals surface area contributed by atoms with Crippen molar-refractivity contribution in [2.24, 2.45) is 18.9 Å². The molecule has 0 aliphatic carbocycles. The van der Waals surface area contributed by atoms with Gasteiger partial charge in [-0.15, -0.1) is 0 Å². The molecule has 2 aliphatic heterocycles. The van der Waals surface area contributed by atoms with E-state index in [0.29, 0.717) is 30.6 Å². The molecule has 33 heavy (non-hydrogen) atoms. The highest BCUT2D eigenvalue weighted by atomic mass is 16.3. The van der Waals surface area contributed by atoms with Crippen LogP contribution < -0.4 is 10.9 Å². The van der Waals surface area contributed by atoms with E-state index in [1.54, 1.807) is 34.9 Å². The number of aliphatic hydroxyl groups is 1. The Kier molecular flexibility index (Phi) is 6.51. The van der Waals surface area contributed by atoms with Crippen molar-refractivity contribution in [3.05, 3.63) is 58.0 Å². The third-order valence-electron chi connectivity index (χ3n) is 6.75. The Balaban J connectivity index is 1.67. The molecule has 2 amide bonds. The maximum atomic E-state index is 13.4. The number of hydrogen-bond donors (Lipinski definition) is 2. The Labute approximate surface area is 192 Å². The van der Waals surface area contributed by atoms with Crippen molar-refractivity contribution >= 4 is 17.9 Å². The van der Waals surface area contributed by atoms with Crippen LogP contribution in [0.15, 0.2) is 35.5 Å². The molecule has 0 spiro atoms. The summed E-state index contributed by atoms with van der Waals surface area (Å²) in [7, 11) is 1.89. The zero-order valence-corrected chi connectivity index (χ0v) is 19.3. The second-order valence-corrected chi connectivity index (χ2v) is 8.74. The summed E-state index contributed by atoms with van der Waals surface area (Å²) in [6, 6.07) is 2.58. The topological polar surface area (TPSA) is 109 Å². The number of hydrogen-bond acceptors (Lipinski definition) is 5. The van der Waals surface area contributed by atoms with Crippen LogP contribution in [0.4, 0.5) is 0 Å². The van der Waals surface area contributed by atoms with Crippen molar-refractivity contribution in [2.45, 2.75) is 45.3 Å². The first kappa shape index (κ1) is 23.0. The van der Waals surface area contributed by atoms with Crippen LogP contribution in [-0.4, -0.2) is 55.1 Å². The lowest BCUT2D eigenvalue weighted by molar-refractivity contribution is -0.136. The molecule has 4 heterocycles. The predicted molar refractivity (Wildman–Crippen MR) is 123 cm³/mol. The molecule has 9 nitrogen and oxygen atoms in total. The zero-order valence-electron chi connectivity index (χ0n) is 19.3. The van der Waals surface area contributed by atoms with E-state index in [-0.39, 0.29) is 30.5 Å². The predicted octanol–water partition coefficient (Wildman–Crippen LogP) is 0.874. The molecule has 0 unspecified atom stereocenters. The smallest absolute Gasteiger partial charge is 0.258 e. The lowest BCUT2D eigenvalue weighted by atomic mass is 9.86. The van der Waals surface area contributed by atoms with Crippen molar-refractivity contribution in [2.75, 3.05) is 13.2 Å². The summed E-state index contributed by atoms with van der Waals surface area (Å²) in [5, 5.41) is 13.2. The monoisotopic (exact) mass is 453 g/mol. The number of nitrogens with zero attached hydrogens (tertiary/aromatic N) is 4. The van der Waals surface area contributed by atoms with Crippen LogP contribution in [0, 0.1) is 11.8 Å². The average molecular weight is 454 g/mol. The number of carbonyl (C=O) groups is 2. The summed E-state index contributed by atoms with van der Waals surface area (Å²) in [6.07, 6.45) is 8.05. The highest BCUT2D eigenvalue weighted by Gasteiger charge is 2.57. The second-order valence-electron chi connectivity index (χ2n) is 8.74. The van der Waals surface area contributed by atoms with Gasteiger partial charge in [-0.2, -0.15) is 0 Å². The highest BCUT2D eigenvalue weighted by Crippen LogP contribution is 2.48. The first-order valence-corrected chi connectivity index (χ1v) is 11.4. The van der Waals surface area contributed by atoms with Gasteiger partial charge in [-0.25, -0.2) is 4.98 Å². The fourth-order valence-electron chi connectivity index (χ4n) is 5.28. The summed E-state index contributed by atoms with van der Waals surface area (Å²) in [4.78, 5) is 45.4. The fourth-order valence-corrected chi connectivity index (χ4v) is 5.28. The van der Waals surface area contributed by atoms with Crippen LogP contribution >= 0.6 is 0 Å². The van der Waals surface area contributed by atoms with Gasteiger partial charge in [0.2, 0.25) is 11.8 Å². The van der Waals surface area contributed by atoms with E-state index < -0.39 is 23.9 Å². The second kappa shape index (κ2) is 9.35. The number of fused-ring (bicyclic) bond motifs is 4. The number of nitrogens with one attached hydrogen (secondary N) is 1. The van der Waals surface area contributed by atoms with Gasteiger partial charge < -0.3 is 24.5 Å². The third kappa shape index (κ3) is 4.01. The van der Waals surface area contributed by atoms with E-state index in [1.165, 1.54) is 0 Å². The van der Waals surface area contributed by atoms with Crippen molar-refractivity contribution < 1.29 is 14.7 Å². The van der Waals surface area contributed by atoms with E-state index in [2.05, 4.69) is 10.3 Å². The minimum Gasteiger partial charge on any atom is -0.396 e. The number of allylic oxidation sites excluding steroid dienone is 1. The molecule has 2 bridgehead atoms. The quantitative estimate of drug-likeness (QED) is 0.647. The maximum Gasteiger partial charge on any atom is 0.258 e. The minimum absolute atomic E-state index is 0.0801. The minimum atomic E-state index is -0.639. The average Bonchev–Trinajstić information content (AvgIpc) is 3.32. The van der Waals surface area contributed by atoms with Gasteiger partial charge in [0.15, 0.2) is 0 Å². The first-order valence-electron chi connectivity index (χ1n) is 11.4. The number of amides is 2. The van der Waals surface area contributed by atoms with Crippen LogP contribution in [0.3, 0.4) is 0 Å². The van der Waals surface area contributed by atoms with Gasteiger partial charge in [0.25, 0.3) is 5.56 Å². The van der Waals surface area contributed by atoms with Gasteiger partial charge in [-0.1, -0.05) is 19.1 Å². The molecule has 4 rings (SSSR count). The molecular weight excluding hydrogens is 422 g/mol. The Morgan fingerprint density at radius 3 is 2.76 bits per heavy atom. The van der Waals surface area contributed by atoms with Crippen LogP contribution in [0.2, 0.25) is 0 Å². The molecule has 176 valence electrons. The standard InChI is InChI=1S/C24H31N5O4/c1-4-6-15-7-8-18-22-21(23(32)25-10-9-16-11-27(3)14-26-16)17(13-30)19(12-28(18)24(15)33)29(22)20(31)5-2/h4,6-8,11,14,17,19,21-22,30H,5,9-10,12-13H2,1-3H3,(H,25,32)/b6-4-/t17-,19-,21+,22+/m1/s1. The number of aryl methyl sites for hydroxylation is 1. The van der Waals surface area contributed by atoms with Crippen LogP contribution in [0.1, 0.15) is 43.3 Å². The van der Waals surface area contributed by atoms with Crippen LogP contribution in [-0.2, 0) is 29.6 Å². The molecule has 4 atom stereocenters. The van der Waals surface area contributed by atoms with E-state index in [0.717, 1.165) is 5.69 Å². The lowest BCUT2D eigenvalue weighted by Gasteiger charge is -2.38. The molecule has 2 N–H and O–H groups in total. The number of pyridine rings is 1. The van der Waals surface area contributed by atoms with Gasteiger partial charge >= 0.3 is 0 Å². The number of aliphatic hydroxyl groups excluding tert-OH is 1. The molecule has 2 aromatic heterocycles. The SMILES string of the molecule is C/C=C\c1ccc2n(c1=O)C[C@@H]1[C@@H](CO)[C@H](C(=O)NCCc3cn(C)cn3)[C@H]2N1C(=O)CC. The Morgan fingerprint density at radius 2 is 2.12 bits per heavy atom. The third-order valence-corrected chi connectivity index (χ3v) is 6.75. The van der Waals surface area contributed by atoms with Crippen LogP contribution in [0.5, 0.6) is 0 Å². The molecular formula is C24H31N5O4. The summed E-state index contributed by atoms with van der Waals surface area (Å²) >= 11 is 0. The summed E-state index contributed by atoms with van der Waals surface area (Å²) in [5.74, 6) is -1.39. The number of imidazole rings is 1. The molecule has 9 heteroatoms.